The van der Waals surface area contributed by atoms with Gasteiger partial charge in [-0.1, -0.05) is 34.6 Å². The molecular formula is C16H31N3. The van der Waals surface area contributed by atoms with Gasteiger partial charge in [0.1, 0.15) is 0 Å². The SMILES string of the molecule is CCC(CC)n1ccc(CNC(CC)(CC)CC)n1. The molecule has 1 aromatic heterocycles. The smallest absolute Gasteiger partial charge is 0.0762 e. The molecule has 1 N–H and O–H groups in total. The summed E-state index contributed by atoms with van der Waals surface area (Å²) < 4.78 is 2.13. The molecule has 3 nitrogen and oxygen atoms in total. The second kappa shape index (κ2) is 7.68. The van der Waals surface area contributed by atoms with E-state index in [1.54, 1.807) is 0 Å². The highest BCUT2D eigenvalue weighted by molar-refractivity contribution is 5.01. The van der Waals surface area contributed by atoms with E-state index >= 15 is 0 Å². The summed E-state index contributed by atoms with van der Waals surface area (Å²) in [5.74, 6) is 0. The maximum absolute atomic E-state index is 4.71. The molecule has 19 heavy (non-hydrogen) atoms. The van der Waals surface area contributed by atoms with Gasteiger partial charge in [-0.3, -0.25) is 4.68 Å². The molecule has 0 fully saturated rings. The molecular weight excluding hydrogens is 234 g/mol. The Bertz CT molecular complexity index is 340. The molecule has 0 radical (unpaired) electrons. The van der Waals surface area contributed by atoms with Crippen molar-refractivity contribution < 1.29 is 0 Å². The van der Waals surface area contributed by atoms with Crippen LogP contribution >= 0.6 is 0 Å². The van der Waals surface area contributed by atoms with Crippen molar-refractivity contribution in [1.29, 1.82) is 0 Å². The van der Waals surface area contributed by atoms with E-state index in [9.17, 15) is 0 Å². The van der Waals surface area contributed by atoms with E-state index in [2.05, 4.69) is 56.9 Å². The van der Waals surface area contributed by atoms with Crippen LogP contribution in [0.2, 0.25) is 0 Å². The van der Waals surface area contributed by atoms with E-state index in [0.717, 1.165) is 25.1 Å². The van der Waals surface area contributed by atoms with Gasteiger partial charge in [-0.25, -0.2) is 0 Å². The quantitative estimate of drug-likeness (QED) is 0.721. The largest absolute Gasteiger partial charge is 0.306 e. The van der Waals surface area contributed by atoms with Gasteiger partial charge in [0.25, 0.3) is 0 Å². The van der Waals surface area contributed by atoms with Crippen molar-refractivity contribution >= 4 is 0 Å². The fourth-order valence-electron chi connectivity index (χ4n) is 2.74. The van der Waals surface area contributed by atoms with Crippen LogP contribution in [-0.2, 0) is 6.54 Å². The summed E-state index contributed by atoms with van der Waals surface area (Å²) in [6.45, 7) is 12.1. The van der Waals surface area contributed by atoms with Crippen LogP contribution in [0.25, 0.3) is 0 Å². The number of nitrogens with one attached hydrogen (secondary N) is 1. The van der Waals surface area contributed by atoms with Gasteiger partial charge >= 0.3 is 0 Å². The zero-order chi connectivity index (χ0) is 14.3. The summed E-state index contributed by atoms with van der Waals surface area (Å²) in [7, 11) is 0. The van der Waals surface area contributed by atoms with Crippen LogP contribution in [0.4, 0.5) is 0 Å². The van der Waals surface area contributed by atoms with E-state index in [1.807, 2.05) is 0 Å². The molecule has 1 heterocycles. The molecule has 110 valence electrons. The summed E-state index contributed by atoms with van der Waals surface area (Å²) in [6.07, 6.45) is 7.94. The summed E-state index contributed by atoms with van der Waals surface area (Å²) in [4.78, 5) is 0. The predicted molar refractivity (Wildman–Crippen MR) is 82.3 cm³/mol. The zero-order valence-electron chi connectivity index (χ0n) is 13.4. The van der Waals surface area contributed by atoms with Crippen molar-refractivity contribution in [2.24, 2.45) is 0 Å². The molecule has 3 heteroatoms. The second-order valence-electron chi connectivity index (χ2n) is 5.45. The number of hydrogen-bond donors (Lipinski definition) is 1. The van der Waals surface area contributed by atoms with Crippen LogP contribution < -0.4 is 5.32 Å². The van der Waals surface area contributed by atoms with Crippen molar-refractivity contribution in [2.45, 2.75) is 84.8 Å². The van der Waals surface area contributed by atoms with Gasteiger partial charge in [-0.2, -0.15) is 5.10 Å². The molecule has 0 unspecified atom stereocenters. The Balaban J connectivity index is 2.63. The molecule has 0 spiro atoms. The molecule has 1 rings (SSSR count). The summed E-state index contributed by atoms with van der Waals surface area (Å²) in [5, 5.41) is 8.42. The van der Waals surface area contributed by atoms with Gasteiger partial charge in [0.15, 0.2) is 0 Å². The molecule has 0 aromatic carbocycles. The van der Waals surface area contributed by atoms with Crippen LogP contribution in [-0.4, -0.2) is 15.3 Å². The third-order valence-corrected chi connectivity index (χ3v) is 4.66. The first-order chi connectivity index (χ1) is 9.14. The van der Waals surface area contributed by atoms with Crippen LogP contribution in [0.3, 0.4) is 0 Å². The fraction of sp³-hybridized carbons (Fsp3) is 0.812. The molecule has 0 aliphatic carbocycles. The van der Waals surface area contributed by atoms with Crippen LogP contribution in [0.5, 0.6) is 0 Å². The molecule has 1 aromatic rings. The van der Waals surface area contributed by atoms with E-state index < -0.39 is 0 Å². The predicted octanol–water partition coefficient (Wildman–Crippen LogP) is 4.30. The van der Waals surface area contributed by atoms with Gasteiger partial charge in [-0.15, -0.1) is 0 Å². The van der Waals surface area contributed by atoms with Gasteiger partial charge < -0.3 is 5.32 Å². The second-order valence-corrected chi connectivity index (χ2v) is 5.45. The van der Waals surface area contributed by atoms with Crippen molar-refractivity contribution in [2.75, 3.05) is 0 Å². The third kappa shape index (κ3) is 4.07. The van der Waals surface area contributed by atoms with E-state index in [1.165, 1.54) is 19.3 Å². The van der Waals surface area contributed by atoms with Gasteiger partial charge in [0.2, 0.25) is 0 Å². The Labute approximate surface area is 118 Å². The van der Waals surface area contributed by atoms with Gasteiger partial charge in [-0.05, 0) is 38.2 Å². The number of nitrogens with zero attached hydrogens (tertiary/aromatic N) is 2. The lowest BCUT2D eigenvalue weighted by atomic mass is 9.90. The van der Waals surface area contributed by atoms with Crippen LogP contribution in [0.15, 0.2) is 12.3 Å². The molecule has 0 amide bonds. The number of hydrogen-bond acceptors (Lipinski definition) is 2. The Morgan fingerprint density at radius 2 is 1.68 bits per heavy atom. The molecule has 0 aliphatic heterocycles. The topological polar surface area (TPSA) is 29.9 Å². The highest BCUT2D eigenvalue weighted by atomic mass is 15.3. The van der Waals surface area contributed by atoms with Gasteiger partial charge in [0.05, 0.1) is 11.7 Å². The normalized spacial score (nSPS) is 12.3. The van der Waals surface area contributed by atoms with Crippen molar-refractivity contribution in [3.63, 3.8) is 0 Å². The number of aromatic nitrogens is 2. The van der Waals surface area contributed by atoms with E-state index in [4.69, 9.17) is 5.10 Å². The molecule has 0 bridgehead atoms. The maximum atomic E-state index is 4.71. The lowest BCUT2D eigenvalue weighted by Gasteiger charge is -2.31. The summed E-state index contributed by atoms with van der Waals surface area (Å²) in [6, 6.07) is 2.69. The minimum absolute atomic E-state index is 0.276. The third-order valence-electron chi connectivity index (χ3n) is 4.66. The summed E-state index contributed by atoms with van der Waals surface area (Å²) in [5.41, 5.74) is 1.44. The van der Waals surface area contributed by atoms with Crippen molar-refractivity contribution in [3.05, 3.63) is 18.0 Å². The zero-order valence-corrected chi connectivity index (χ0v) is 13.4. The van der Waals surface area contributed by atoms with Crippen molar-refractivity contribution in [1.82, 2.24) is 15.1 Å². The average molecular weight is 265 g/mol. The Morgan fingerprint density at radius 1 is 1.11 bits per heavy atom. The first-order valence-electron chi connectivity index (χ1n) is 7.93. The maximum Gasteiger partial charge on any atom is 0.0762 e. The lowest BCUT2D eigenvalue weighted by Crippen LogP contribution is -2.43. The fourth-order valence-corrected chi connectivity index (χ4v) is 2.74. The first kappa shape index (κ1) is 16.2. The molecule has 0 aliphatic rings. The minimum Gasteiger partial charge on any atom is -0.306 e. The Morgan fingerprint density at radius 3 is 2.16 bits per heavy atom. The highest BCUT2D eigenvalue weighted by Gasteiger charge is 2.23. The average Bonchev–Trinajstić information content (AvgIpc) is 2.91. The molecule has 0 atom stereocenters. The first-order valence-corrected chi connectivity index (χ1v) is 7.93. The lowest BCUT2D eigenvalue weighted by molar-refractivity contribution is 0.285. The van der Waals surface area contributed by atoms with E-state index in [-0.39, 0.29) is 5.54 Å². The minimum atomic E-state index is 0.276. The monoisotopic (exact) mass is 265 g/mol. The van der Waals surface area contributed by atoms with Gasteiger partial charge in [0, 0.05) is 18.3 Å². The van der Waals surface area contributed by atoms with E-state index in [0.29, 0.717) is 6.04 Å². The van der Waals surface area contributed by atoms with Crippen LogP contribution in [0, 0.1) is 0 Å². The Hall–Kier alpha value is -0.830. The standard InChI is InChI=1S/C16H31N3/c1-6-15(7-2)19-12-11-14(18-19)13-17-16(8-3,9-4)10-5/h11-12,15,17H,6-10,13H2,1-5H3. The van der Waals surface area contributed by atoms with Crippen LogP contribution in [0.1, 0.15) is 78.5 Å². The molecule has 0 saturated heterocycles. The summed E-state index contributed by atoms with van der Waals surface area (Å²) >= 11 is 0. The van der Waals surface area contributed by atoms with Crippen molar-refractivity contribution in [3.8, 4) is 0 Å². The Kier molecular flexibility index (Phi) is 6.56. The molecule has 0 saturated carbocycles. The number of rotatable bonds is 9. The highest BCUT2D eigenvalue weighted by Crippen LogP contribution is 2.20.